The highest BCUT2D eigenvalue weighted by Gasteiger charge is 2.05. The van der Waals surface area contributed by atoms with Gasteiger partial charge in [0.15, 0.2) is 5.78 Å². The predicted molar refractivity (Wildman–Crippen MR) is 76.7 cm³/mol. The molecule has 2 aromatic rings. The Morgan fingerprint density at radius 2 is 1.76 bits per heavy atom. The van der Waals surface area contributed by atoms with Crippen molar-refractivity contribution >= 4 is 11.8 Å². The summed E-state index contributed by atoms with van der Waals surface area (Å²) >= 11 is 0. The summed E-state index contributed by atoms with van der Waals surface area (Å²) < 4.78 is 5.59. The lowest BCUT2D eigenvalue weighted by atomic mass is 10.1. The molecule has 1 aromatic carbocycles. The summed E-state index contributed by atoms with van der Waals surface area (Å²) in [5, 5.41) is 8.70. The van der Waals surface area contributed by atoms with Crippen LogP contribution in [0.2, 0.25) is 0 Å². The van der Waals surface area contributed by atoms with E-state index < -0.39 is 5.97 Å². The molecule has 0 saturated carbocycles. The van der Waals surface area contributed by atoms with E-state index in [9.17, 15) is 9.59 Å². The van der Waals surface area contributed by atoms with Gasteiger partial charge in [-0.1, -0.05) is 19.1 Å². The lowest BCUT2D eigenvalue weighted by molar-refractivity contribution is -0.136. The number of pyridine rings is 1. The third kappa shape index (κ3) is 4.14. The Balaban J connectivity index is 2.04. The molecule has 1 N–H and O–H groups in total. The Kier molecular flexibility index (Phi) is 4.66. The van der Waals surface area contributed by atoms with E-state index in [2.05, 4.69) is 4.98 Å². The number of aromatic nitrogens is 1. The summed E-state index contributed by atoms with van der Waals surface area (Å²) in [6.07, 6.45) is 1.89. The Labute approximate surface area is 122 Å². The topological polar surface area (TPSA) is 76.5 Å². The van der Waals surface area contributed by atoms with Gasteiger partial charge in [-0.05, 0) is 29.8 Å². The molecule has 0 atom stereocenters. The van der Waals surface area contributed by atoms with E-state index in [1.807, 2.05) is 0 Å². The number of hydrogen-bond donors (Lipinski definition) is 1. The van der Waals surface area contributed by atoms with Gasteiger partial charge in [0.05, 0.1) is 12.6 Å². The number of nitrogens with zero attached hydrogens (tertiary/aromatic N) is 1. The molecule has 0 aliphatic heterocycles. The number of aliphatic carboxylic acids is 1. The molecule has 0 aliphatic carbocycles. The summed E-state index contributed by atoms with van der Waals surface area (Å²) in [6.45, 7) is 1.78. The van der Waals surface area contributed by atoms with Crippen LogP contribution in [-0.2, 0) is 11.2 Å². The van der Waals surface area contributed by atoms with Crippen molar-refractivity contribution in [1.82, 2.24) is 4.98 Å². The number of carboxylic acids is 1. The first kappa shape index (κ1) is 14.7. The van der Waals surface area contributed by atoms with Gasteiger partial charge in [-0.15, -0.1) is 0 Å². The predicted octanol–water partition coefficient (Wildman–Crippen LogP) is 3.09. The highest BCUT2D eigenvalue weighted by atomic mass is 16.5. The van der Waals surface area contributed by atoms with Crippen LogP contribution < -0.4 is 4.74 Å². The SMILES string of the molecule is CCC(=O)c1ccc(Oc2ccc(CC(=O)O)cc2)cn1. The standard InChI is InChI=1S/C16H15NO4/c1-2-15(18)14-8-7-13(10-17-14)21-12-5-3-11(4-6-12)9-16(19)20/h3-8,10H,2,9H2,1H3,(H,19,20). The van der Waals surface area contributed by atoms with E-state index in [1.165, 1.54) is 6.20 Å². The van der Waals surface area contributed by atoms with Crippen LogP contribution >= 0.6 is 0 Å². The van der Waals surface area contributed by atoms with E-state index in [0.717, 1.165) is 0 Å². The van der Waals surface area contributed by atoms with Crippen LogP contribution in [0.3, 0.4) is 0 Å². The summed E-state index contributed by atoms with van der Waals surface area (Å²) in [6, 6.07) is 10.1. The van der Waals surface area contributed by atoms with Crippen molar-refractivity contribution in [3.8, 4) is 11.5 Å². The highest BCUT2D eigenvalue weighted by molar-refractivity contribution is 5.93. The van der Waals surface area contributed by atoms with Crippen molar-refractivity contribution in [1.29, 1.82) is 0 Å². The van der Waals surface area contributed by atoms with Gasteiger partial charge in [0.1, 0.15) is 17.2 Å². The third-order valence-electron chi connectivity index (χ3n) is 2.86. The molecule has 5 heteroatoms. The molecular weight excluding hydrogens is 270 g/mol. The molecular formula is C16H15NO4. The maximum absolute atomic E-state index is 11.5. The maximum Gasteiger partial charge on any atom is 0.307 e. The van der Waals surface area contributed by atoms with Crippen LogP contribution in [0.15, 0.2) is 42.6 Å². The molecule has 2 rings (SSSR count). The van der Waals surface area contributed by atoms with Crippen molar-refractivity contribution in [2.45, 2.75) is 19.8 Å². The number of carbonyl (C=O) groups is 2. The van der Waals surface area contributed by atoms with Crippen molar-refractivity contribution in [3.63, 3.8) is 0 Å². The Morgan fingerprint density at radius 1 is 1.10 bits per heavy atom. The van der Waals surface area contributed by atoms with E-state index >= 15 is 0 Å². The zero-order valence-electron chi connectivity index (χ0n) is 11.6. The molecule has 0 amide bonds. The molecule has 0 unspecified atom stereocenters. The number of carboxylic acid groups (broad SMARTS) is 1. The second kappa shape index (κ2) is 6.65. The third-order valence-corrected chi connectivity index (χ3v) is 2.86. The number of benzene rings is 1. The molecule has 0 radical (unpaired) electrons. The largest absolute Gasteiger partial charge is 0.481 e. The normalized spacial score (nSPS) is 10.1. The average molecular weight is 285 g/mol. The number of carbonyl (C=O) groups excluding carboxylic acids is 1. The summed E-state index contributed by atoms with van der Waals surface area (Å²) in [5.74, 6) is 0.220. The zero-order valence-corrected chi connectivity index (χ0v) is 11.6. The van der Waals surface area contributed by atoms with E-state index in [0.29, 0.717) is 29.2 Å². The first-order valence-electron chi connectivity index (χ1n) is 6.56. The molecule has 108 valence electrons. The number of ketones is 1. The first-order chi connectivity index (χ1) is 10.1. The van der Waals surface area contributed by atoms with Gasteiger partial charge in [0.25, 0.3) is 0 Å². The maximum atomic E-state index is 11.5. The van der Waals surface area contributed by atoms with Crippen LogP contribution in [0.1, 0.15) is 29.4 Å². The summed E-state index contributed by atoms with van der Waals surface area (Å²) in [7, 11) is 0. The monoisotopic (exact) mass is 285 g/mol. The van der Waals surface area contributed by atoms with Crippen LogP contribution in [0.5, 0.6) is 11.5 Å². The van der Waals surface area contributed by atoms with Crippen molar-refractivity contribution in [2.75, 3.05) is 0 Å². The van der Waals surface area contributed by atoms with Gasteiger partial charge in [-0.3, -0.25) is 9.59 Å². The fourth-order valence-electron chi connectivity index (χ4n) is 1.77. The first-order valence-corrected chi connectivity index (χ1v) is 6.56. The number of Topliss-reactive ketones (excluding diaryl/α,β-unsaturated/α-hetero) is 1. The van der Waals surface area contributed by atoms with E-state index in [1.54, 1.807) is 43.3 Å². The number of hydrogen-bond acceptors (Lipinski definition) is 4. The lowest BCUT2D eigenvalue weighted by Crippen LogP contribution is -2.00. The Bertz CT molecular complexity index is 632. The summed E-state index contributed by atoms with van der Waals surface area (Å²) in [4.78, 5) is 26.1. The van der Waals surface area contributed by atoms with Crippen LogP contribution in [0.25, 0.3) is 0 Å². The van der Waals surface area contributed by atoms with Crippen molar-refractivity contribution in [3.05, 3.63) is 53.9 Å². The van der Waals surface area contributed by atoms with E-state index in [-0.39, 0.29) is 12.2 Å². The average Bonchev–Trinajstić information content (AvgIpc) is 2.49. The van der Waals surface area contributed by atoms with Crippen LogP contribution in [-0.4, -0.2) is 21.8 Å². The Hall–Kier alpha value is -2.69. The zero-order chi connectivity index (χ0) is 15.2. The minimum Gasteiger partial charge on any atom is -0.481 e. The Morgan fingerprint density at radius 3 is 2.29 bits per heavy atom. The van der Waals surface area contributed by atoms with Gasteiger partial charge in [0, 0.05) is 6.42 Å². The molecule has 21 heavy (non-hydrogen) atoms. The molecule has 0 saturated heterocycles. The summed E-state index contributed by atoms with van der Waals surface area (Å²) in [5.41, 5.74) is 1.12. The molecule has 0 bridgehead atoms. The smallest absolute Gasteiger partial charge is 0.307 e. The van der Waals surface area contributed by atoms with Crippen LogP contribution in [0.4, 0.5) is 0 Å². The van der Waals surface area contributed by atoms with Crippen molar-refractivity contribution in [2.24, 2.45) is 0 Å². The number of rotatable bonds is 6. The van der Waals surface area contributed by atoms with Gasteiger partial charge in [-0.2, -0.15) is 0 Å². The minimum absolute atomic E-state index is 0.0143. The second-order valence-electron chi connectivity index (χ2n) is 4.47. The van der Waals surface area contributed by atoms with Gasteiger partial charge < -0.3 is 9.84 Å². The fourth-order valence-corrected chi connectivity index (χ4v) is 1.77. The highest BCUT2D eigenvalue weighted by Crippen LogP contribution is 2.21. The molecule has 5 nitrogen and oxygen atoms in total. The lowest BCUT2D eigenvalue weighted by Gasteiger charge is -2.06. The molecule has 0 aliphatic rings. The van der Waals surface area contributed by atoms with Crippen molar-refractivity contribution < 1.29 is 19.4 Å². The van der Waals surface area contributed by atoms with Gasteiger partial charge in [0.2, 0.25) is 0 Å². The second-order valence-corrected chi connectivity index (χ2v) is 4.47. The molecule has 0 spiro atoms. The fraction of sp³-hybridized carbons (Fsp3) is 0.188. The molecule has 1 aromatic heterocycles. The minimum atomic E-state index is -0.871. The van der Waals surface area contributed by atoms with Gasteiger partial charge >= 0.3 is 5.97 Å². The van der Waals surface area contributed by atoms with E-state index in [4.69, 9.17) is 9.84 Å². The molecule has 1 heterocycles. The quantitative estimate of drug-likeness (QED) is 0.825. The molecule has 0 fully saturated rings. The number of ether oxygens (including phenoxy) is 1. The van der Waals surface area contributed by atoms with Gasteiger partial charge in [-0.25, -0.2) is 4.98 Å². The van der Waals surface area contributed by atoms with Crippen LogP contribution in [0, 0.1) is 0 Å².